The van der Waals surface area contributed by atoms with Gasteiger partial charge in [-0.25, -0.2) is 4.98 Å². The van der Waals surface area contributed by atoms with Crippen LogP contribution in [0, 0.1) is 11.8 Å². The van der Waals surface area contributed by atoms with Crippen molar-refractivity contribution in [2.75, 3.05) is 18.5 Å². The van der Waals surface area contributed by atoms with E-state index in [0.29, 0.717) is 30.5 Å². The van der Waals surface area contributed by atoms with Crippen LogP contribution >= 0.6 is 0 Å². The number of rotatable bonds is 5. The molecule has 2 aromatic rings. The van der Waals surface area contributed by atoms with E-state index in [9.17, 15) is 20.1 Å². The molecule has 0 unspecified atom stereocenters. The minimum Gasteiger partial charge on any atom is -0.396 e. The first-order valence-corrected chi connectivity index (χ1v) is 8.10. The standard InChI is InChI=1S/C15H23N5O4/c1-7(2)4-16-15-18-13-10(14(24)19-15)17-6-20(13)9-3-8(5-21)11(22)12(9)23/h6-9,11-12,21-23H,3-5H2,1-2H3,(H2,16,18,19,24)/t8-,9-,11-,12+/m1/s1. The molecule has 0 bridgehead atoms. The number of hydrogen-bond acceptors (Lipinski definition) is 7. The number of hydrogen-bond donors (Lipinski definition) is 5. The molecule has 9 heteroatoms. The number of aliphatic hydroxyl groups is 3. The van der Waals surface area contributed by atoms with Gasteiger partial charge in [0.25, 0.3) is 5.56 Å². The molecular formula is C15H23N5O4. The minimum atomic E-state index is -1.05. The first-order valence-electron chi connectivity index (χ1n) is 8.10. The van der Waals surface area contributed by atoms with Crippen LogP contribution in [0.5, 0.6) is 0 Å². The van der Waals surface area contributed by atoms with E-state index >= 15 is 0 Å². The first kappa shape index (κ1) is 16.9. The van der Waals surface area contributed by atoms with Crippen molar-refractivity contribution in [3.63, 3.8) is 0 Å². The van der Waals surface area contributed by atoms with Gasteiger partial charge >= 0.3 is 0 Å². The van der Waals surface area contributed by atoms with Crippen LogP contribution in [0.1, 0.15) is 26.3 Å². The lowest BCUT2D eigenvalue weighted by Crippen LogP contribution is -2.30. The third-order valence-corrected chi connectivity index (χ3v) is 4.47. The van der Waals surface area contributed by atoms with Crippen molar-refractivity contribution in [2.45, 2.75) is 38.5 Å². The Morgan fingerprint density at radius 3 is 2.79 bits per heavy atom. The highest BCUT2D eigenvalue weighted by atomic mass is 16.3. The molecule has 24 heavy (non-hydrogen) atoms. The number of nitrogens with zero attached hydrogens (tertiary/aromatic N) is 3. The molecule has 0 aliphatic heterocycles. The smallest absolute Gasteiger partial charge is 0.280 e. The third-order valence-electron chi connectivity index (χ3n) is 4.47. The fourth-order valence-corrected chi connectivity index (χ4v) is 3.11. The van der Waals surface area contributed by atoms with Gasteiger partial charge in [-0.2, -0.15) is 4.98 Å². The summed E-state index contributed by atoms with van der Waals surface area (Å²) in [7, 11) is 0. The third kappa shape index (κ3) is 2.90. The van der Waals surface area contributed by atoms with Crippen molar-refractivity contribution in [3.8, 4) is 0 Å². The summed E-state index contributed by atoms with van der Waals surface area (Å²) in [5, 5.41) is 32.7. The van der Waals surface area contributed by atoms with Crippen molar-refractivity contribution in [1.29, 1.82) is 0 Å². The van der Waals surface area contributed by atoms with E-state index in [-0.39, 0.29) is 17.7 Å². The van der Waals surface area contributed by atoms with Gasteiger partial charge in [0.05, 0.1) is 18.5 Å². The number of aromatic nitrogens is 4. The lowest BCUT2D eigenvalue weighted by Gasteiger charge is -2.18. The summed E-state index contributed by atoms with van der Waals surface area (Å²) in [5.41, 5.74) is 0.163. The van der Waals surface area contributed by atoms with Gasteiger partial charge in [-0.15, -0.1) is 0 Å². The summed E-state index contributed by atoms with van der Waals surface area (Å²) >= 11 is 0. The molecule has 0 radical (unpaired) electrons. The van der Waals surface area contributed by atoms with Crippen LogP contribution in [-0.4, -0.2) is 60.2 Å². The molecule has 9 nitrogen and oxygen atoms in total. The molecule has 2 heterocycles. The molecule has 1 saturated carbocycles. The van der Waals surface area contributed by atoms with Gasteiger partial charge in [-0.3, -0.25) is 9.78 Å². The van der Waals surface area contributed by atoms with Crippen LogP contribution in [0.4, 0.5) is 5.95 Å². The maximum atomic E-state index is 12.2. The van der Waals surface area contributed by atoms with Crippen molar-refractivity contribution >= 4 is 17.1 Å². The second kappa shape index (κ2) is 6.50. The topological polar surface area (TPSA) is 136 Å². The van der Waals surface area contributed by atoms with Crippen molar-refractivity contribution in [3.05, 3.63) is 16.7 Å². The second-order valence-corrected chi connectivity index (χ2v) is 6.74. The maximum Gasteiger partial charge on any atom is 0.280 e. The van der Waals surface area contributed by atoms with Gasteiger partial charge < -0.3 is 25.2 Å². The highest BCUT2D eigenvalue weighted by Crippen LogP contribution is 2.36. The van der Waals surface area contributed by atoms with Gasteiger partial charge in [-0.1, -0.05) is 13.8 Å². The average molecular weight is 337 g/mol. The Balaban J connectivity index is 1.98. The number of fused-ring (bicyclic) bond motifs is 1. The second-order valence-electron chi connectivity index (χ2n) is 6.74. The molecular weight excluding hydrogens is 314 g/mol. The van der Waals surface area contributed by atoms with Crippen LogP contribution in [0.3, 0.4) is 0 Å². The molecule has 3 rings (SSSR count). The Hall–Kier alpha value is -1.97. The Labute approximate surface area is 138 Å². The molecule has 0 aromatic carbocycles. The minimum absolute atomic E-state index is 0.180. The Morgan fingerprint density at radius 2 is 2.17 bits per heavy atom. The fraction of sp³-hybridized carbons (Fsp3) is 0.667. The van der Waals surface area contributed by atoms with Crippen molar-refractivity contribution in [1.82, 2.24) is 19.5 Å². The van der Waals surface area contributed by atoms with Crippen LogP contribution in [0.15, 0.2) is 11.1 Å². The summed E-state index contributed by atoms with van der Waals surface area (Å²) in [6.07, 6.45) is -0.238. The predicted molar refractivity (Wildman–Crippen MR) is 87.7 cm³/mol. The molecule has 132 valence electrons. The quantitative estimate of drug-likeness (QED) is 0.494. The first-order chi connectivity index (χ1) is 11.4. The molecule has 5 N–H and O–H groups in total. The molecule has 4 atom stereocenters. The normalized spacial score (nSPS) is 27.2. The number of imidazole rings is 1. The van der Waals surface area contributed by atoms with E-state index in [4.69, 9.17) is 0 Å². The van der Waals surface area contributed by atoms with Gasteiger partial charge in [0.1, 0.15) is 6.10 Å². The lowest BCUT2D eigenvalue weighted by atomic mass is 10.1. The Morgan fingerprint density at radius 1 is 1.42 bits per heavy atom. The zero-order valence-corrected chi connectivity index (χ0v) is 13.7. The summed E-state index contributed by atoms with van der Waals surface area (Å²) < 4.78 is 1.61. The monoisotopic (exact) mass is 337 g/mol. The SMILES string of the molecule is CC(C)CNc1nc2c(ncn2[C@@H]2C[C@H](CO)[C@@H](O)[C@H]2O)c(=O)[nH]1. The lowest BCUT2D eigenvalue weighted by molar-refractivity contribution is -0.00370. The molecule has 1 aliphatic rings. The van der Waals surface area contributed by atoms with Gasteiger partial charge in [0.2, 0.25) is 5.95 Å². The van der Waals surface area contributed by atoms with E-state index in [0.717, 1.165) is 0 Å². The molecule has 0 saturated heterocycles. The maximum absolute atomic E-state index is 12.2. The van der Waals surface area contributed by atoms with Crippen LogP contribution in [0.25, 0.3) is 11.2 Å². The summed E-state index contributed by atoms with van der Waals surface area (Å²) in [4.78, 5) is 23.3. The molecule has 1 aliphatic carbocycles. The van der Waals surface area contributed by atoms with E-state index < -0.39 is 24.2 Å². The van der Waals surface area contributed by atoms with Crippen LogP contribution < -0.4 is 10.9 Å². The van der Waals surface area contributed by atoms with Gasteiger partial charge in [-0.05, 0) is 12.3 Å². The summed E-state index contributed by atoms with van der Waals surface area (Å²) in [6.45, 7) is 4.52. The number of anilines is 1. The fourth-order valence-electron chi connectivity index (χ4n) is 3.11. The number of nitrogens with one attached hydrogen (secondary N) is 2. The highest BCUT2D eigenvalue weighted by molar-refractivity contribution is 5.71. The average Bonchev–Trinajstić information content (AvgIpc) is 3.08. The predicted octanol–water partition coefficient (Wildman–Crippen LogP) is -0.537. The zero-order chi connectivity index (χ0) is 17.4. The zero-order valence-electron chi connectivity index (χ0n) is 13.7. The largest absolute Gasteiger partial charge is 0.396 e. The summed E-state index contributed by atoms with van der Waals surface area (Å²) in [6, 6.07) is -0.491. The van der Waals surface area contributed by atoms with E-state index in [2.05, 4.69) is 20.3 Å². The van der Waals surface area contributed by atoms with Crippen molar-refractivity contribution in [2.24, 2.45) is 11.8 Å². The Kier molecular flexibility index (Phi) is 4.57. The summed E-state index contributed by atoms with van der Waals surface area (Å²) in [5.74, 6) is 0.311. The van der Waals surface area contributed by atoms with Crippen molar-refractivity contribution < 1.29 is 15.3 Å². The van der Waals surface area contributed by atoms with Gasteiger partial charge in [0, 0.05) is 19.1 Å². The number of H-pyrrole nitrogens is 1. The van der Waals surface area contributed by atoms with Crippen LogP contribution in [0.2, 0.25) is 0 Å². The molecule has 0 amide bonds. The number of aliphatic hydroxyl groups excluding tert-OH is 3. The number of aromatic amines is 1. The van der Waals surface area contributed by atoms with Gasteiger partial charge in [0.15, 0.2) is 11.2 Å². The van der Waals surface area contributed by atoms with E-state index in [1.807, 2.05) is 13.8 Å². The highest BCUT2D eigenvalue weighted by Gasteiger charge is 2.42. The molecule has 2 aromatic heterocycles. The van der Waals surface area contributed by atoms with E-state index in [1.165, 1.54) is 6.33 Å². The molecule has 0 spiro atoms. The van der Waals surface area contributed by atoms with E-state index in [1.54, 1.807) is 4.57 Å². The Bertz CT molecular complexity index is 771. The van der Waals surface area contributed by atoms with Crippen LogP contribution in [-0.2, 0) is 0 Å². The molecule has 1 fully saturated rings.